The third-order valence-corrected chi connectivity index (χ3v) is 5.01. The molecular weight excluding hydrogens is 436 g/mol. The molecule has 0 radical (unpaired) electrons. The van der Waals surface area contributed by atoms with Crippen molar-refractivity contribution in [3.63, 3.8) is 0 Å². The maximum absolute atomic E-state index is 12.8. The summed E-state index contributed by atoms with van der Waals surface area (Å²) in [5.74, 6) is 0.488. The van der Waals surface area contributed by atoms with Gasteiger partial charge in [0.05, 0.1) is 11.4 Å². The number of nitrogen functional groups attached to an aromatic ring is 1. The van der Waals surface area contributed by atoms with Gasteiger partial charge in [-0.15, -0.1) is 5.10 Å². The summed E-state index contributed by atoms with van der Waals surface area (Å²) in [6.07, 6.45) is 1.27. The number of hydrogen-bond donors (Lipinski definition) is 2. The van der Waals surface area contributed by atoms with E-state index in [1.807, 2.05) is 61.5 Å². The SMILES string of the molecule is CCCc1c(C(=O)N/N=C(/C)c2ccc(OCc3ccccc3)cc2)nnn1-c1nonc1N. The highest BCUT2D eigenvalue weighted by molar-refractivity contribution is 6.00. The van der Waals surface area contributed by atoms with Gasteiger partial charge in [-0.05, 0) is 59.1 Å². The van der Waals surface area contributed by atoms with E-state index in [9.17, 15) is 4.79 Å². The van der Waals surface area contributed by atoms with Crippen LogP contribution in [0.5, 0.6) is 5.75 Å². The van der Waals surface area contributed by atoms with Gasteiger partial charge < -0.3 is 10.5 Å². The van der Waals surface area contributed by atoms with Crippen molar-refractivity contribution in [2.75, 3.05) is 5.73 Å². The summed E-state index contributed by atoms with van der Waals surface area (Å²) in [5.41, 5.74) is 11.5. The number of nitrogens with two attached hydrogens (primary N) is 1. The maximum atomic E-state index is 12.8. The molecule has 0 aliphatic carbocycles. The van der Waals surface area contributed by atoms with Crippen LogP contribution >= 0.6 is 0 Å². The van der Waals surface area contributed by atoms with Gasteiger partial charge in [0.1, 0.15) is 12.4 Å². The zero-order valence-electron chi connectivity index (χ0n) is 18.8. The fraction of sp³-hybridized carbons (Fsp3) is 0.217. The normalized spacial score (nSPS) is 11.4. The zero-order chi connectivity index (χ0) is 23.9. The van der Waals surface area contributed by atoms with Crippen LogP contribution in [0, 0.1) is 0 Å². The molecule has 4 aromatic rings. The Morgan fingerprint density at radius 3 is 2.59 bits per heavy atom. The van der Waals surface area contributed by atoms with Crippen LogP contribution in [0.4, 0.5) is 5.82 Å². The number of hydrazone groups is 1. The van der Waals surface area contributed by atoms with E-state index in [2.05, 4.69) is 35.8 Å². The molecule has 0 atom stereocenters. The third kappa shape index (κ3) is 5.09. The first-order valence-electron chi connectivity index (χ1n) is 10.7. The fourth-order valence-electron chi connectivity index (χ4n) is 3.23. The minimum atomic E-state index is -0.494. The lowest BCUT2D eigenvalue weighted by molar-refractivity contribution is 0.0948. The van der Waals surface area contributed by atoms with Gasteiger partial charge in [-0.2, -0.15) is 9.78 Å². The predicted octanol–water partition coefficient (Wildman–Crippen LogP) is 2.92. The highest BCUT2D eigenvalue weighted by Crippen LogP contribution is 2.18. The molecule has 2 heterocycles. The fourth-order valence-corrected chi connectivity index (χ4v) is 3.23. The molecule has 1 amide bonds. The molecule has 0 spiro atoms. The lowest BCUT2D eigenvalue weighted by Crippen LogP contribution is -2.21. The maximum Gasteiger partial charge on any atom is 0.293 e. The molecule has 0 aliphatic heterocycles. The molecule has 11 nitrogen and oxygen atoms in total. The summed E-state index contributed by atoms with van der Waals surface area (Å²) in [6, 6.07) is 17.4. The summed E-state index contributed by atoms with van der Waals surface area (Å²) < 4.78 is 11.8. The number of nitrogens with one attached hydrogen (secondary N) is 1. The Morgan fingerprint density at radius 1 is 1.15 bits per heavy atom. The average molecular weight is 460 g/mol. The Morgan fingerprint density at radius 2 is 1.91 bits per heavy atom. The first-order valence-corrected chi connectivity index (χ1v) is 10.7. The van der Waals surface area contributed by atoms with Gasteiger partial charge in [0.15, 0.2) is 5.69 Å². The summed E-state index contributed by atoms with van der Waals surface area (Å²) in [7, 11) is 0. The molecule has 4 rings (SSSR count). The number of carbonyl (C=O) groups is 1. The van der Waals surface area contributed by atoms with Crippen molar-refractivity contribution < 1.29 is 14.2 Å². The summed E-state index contributed by atoms with van der Waals surface area (Å²) in [6.45, 7) is 4.25. The van der Waals surface area contributed by atoms with Gasteiger partial charge in [0, 0.05) is 0 Å². The van der Waals surface area contributed by atoms with Crippen molar-refractivity contribution >= 4 is 17.4 Å². The van der Waals surface area contributed by atoms with Gasteiger partial charge >= 0.3 is 0 Å². The number of anilines is 1. The monoisotopic (exact) mass is 460 g/mol. The molecule has 0 aliphatic rings. The van der Waals surface area contributed by atoms with Crippen molar-refractivity contribution in [1.82, 2.24) is 30.7 Å². The predicted molar refractivity (Wildman–Crippen MR) is 125 cm³/mol. The summed E-state index contributed by atoms with van der Waals surface area (Å²) in [4.78, 5) is 12.8. The van der Waals surface area contributed by atoms with Crippen LogP contribution in [-0.4, -0.2) is 36.9 Å². The minimum absolute atomic E-state index is 0.0549. The van der Waals surface area contributed by atoms with Gasteiger partial charge in [-0.25, -0.2) is 10.1 Å². The molecule has 0 unspecified atom stereocenters. The second kappa shape index (κ2) is 10.4. The number of carbonyl (C=O) groups excluding carboxylic acids is 1. The number of rotatable bonds is 9. The quantitative estimate of drug-likeness (QED) is 0.286. The van der Waals surface area contributed by atoms with E-state index in [1.54, 1.807) is 6.92 Å². The second-order valence-electron chi connectivity index (χ2n) is 7.46. The van der Waals surface area contributed by atoms with Gasteiger partial charge in [-0.1, -0.05) is 48.9 Å². The number of aromatic nitrogens is 5. The van der Waals surface area contributed by atoms with Crippen LogP contribution in [0.1, 0.15) is 47.6 Å². The van der Waals surface area contributed by atoms with Crippen molar-refractivity contribution in [2.24, 2.45) is 5.10 Å². The highest BCUT2D eigenvalue weighted by Gasteiger charge is 2.23. The zero-order valence-corrected chi connectivity index (χ0v) is 18.8. The van der Waals surface area contributed by atoms with Crippen molar-refractivity contribution in [2.45, 2.75) is 33.3 Å². The van der Waals surface area contributed by atoms with E-state index in [-0.39, 0.29) is 17.3 Å². The largest absolute Gasteiger partial charge is 0.489 e. The Hall–Kier alpha value is -4.54. The number of amides is 1. The second-order valence-corrected chi connectivity index (χ2v) is 7.46. The summed E-state index contributed by atoms with van der Waals surface area (Å²) >= 11 is 0. The first-order chi connectivity index (χ1) is 16.6. The van der Waals surface area contributed by atoms with Gasteiger partial charge in [-0.3, -0.25) is 4.79 Å². The van der Waals surface area contributed by atoms with E-state index in [4.69, 9.17) is 10.5 Å². The molecule has 2 aromatic heterocycles. The van der Waals surface area contributed by atoms with Crippen molar-refractivity contribution in [1.29, 1.82) is 0 Å². The lowest BCUT2D eigenvalue weighted by Gasteiger charge is -2.08. The van der Waals surface area contributed by atoms with Crippen LogP contribution < -0.4 is 15.9 Å². The standard InChI is InChI=1S/C23H24N8O3/c1-3-7-19-20(26-30-31(19)22-21(24)28-34-29-22)23(32)27-25-15(2)17-10-12-18(13-11-17)33-14-16-8-5-4-6-9-16/h4-6,8-13H,3,7,14H2,1-2H3,(H2,24,28)(H,27,32)/b25-15-. The molecular formula is C23H24N8O3. The van der Waals surface area contributed by atoms with E-state index in [0.717, 1.165) is 23.3 Å². The number of hydrogen-bond acceptors (Lipinski definition) is 9. The van der Waals surface area contributed by atoms with Crippen LogP contribution in [0.25, 0.3) is 5.82 Å². The first kappa shape index (κ1) is 22.6. The van der Waals surface area contributed by atoms with Crippen molar-refractivity contribution in [3.8, 4) is 11.6 Å². The Kier molecular flexibility index (Phi) is 6.92. The molecule has 34 heavy (non-hydrogen) atoms. The molecule has 0 saturated heterocycles. The molecule has 3 N–H and O–H groups in total. The lowest BCUT2D eigenvalue weighted by atomic mass is 10.1. The number of benzene rings is 2. The average Bonchev–Trinajstić information content (AvgIpc) is 3.48. The Balaban J connectivity index is 1.42. The van der Waals surface area contributed by atoms with E-state index in [1.165, 1.54) is 4.68 Å². The van der Waals surface area contributed by atoms with Crippen LogP contribution in [0.15, 0.2) is 64.3 Å². The van der Waals surface area contributed by atoms with Gasteiger partial charge in [0.2, 0.25) is 11.6 Å². The highest BCUT2D eigenvalue weighted by atomic mass is 16.6. The van der Waals surface area contributed by atoms with E-state index in [0.29, 0.717) is 24.4 Å². The number of ether oxygens (including phenoxy) is 1. The van der Waals surface area contributed by atoms with Crippen LogP contribution in [0.3, 0.4) is 0 Å². The van der Waals surface area contributed by atoms with Crippen molar-refractivity contribution in [3.05, 3.63) is 77.1 Å². The van der Waals surface area contributed by atoms with Crippen LogP contribution in [-0.2, 0) is 13.0 Å². The Bertz CT molecular complexity index is 1280. The van der Waals surface area contributed by atoms with E-state index >= 15 is 0 Å². The molecule has 2 aromatic carbocycles. The topological polar surface area (TPSA) is 146 Å². The molecule has 0 saturated carbocycles. The third-order valence-electron chi connectivity index (χ3n) is 5.01. The minimum Gasteiger partial charge on any atom is -0.489 e. The molecule has 11 heteroatoms. The molecule has 0 fully saturated rings. The van der Waals surface area contributed by atoms with Gasteiger partial charge in [0.25, 0.3) is 5.91 Å². The molecule has 174 valence electrons. The smallest absolute Gasteiger partial charge is 0.293 e. The number of nitrogens with zero attached hydrogens (tertiary/aromatic N) is 6. The Labute approximate surface area is 195 Å². The van der Waals surface area contributed by atoms with Crippen LogP contribution in [0.2, 0.25) is 0 Å². The van der Waals surface area contributed by atoms with E-state index < -0.39 is 5.91 Å². The summed E-state index contributed by atoms with van der Waals surface area (Å²) in [5, 5.41) is 19.5. The molecule has 0 bridgehead atoms.